The molecular formula is C11H5Cl2F3N4. The van der Waals surface area contributed by atoms with E-state index in [9.17, 15) is 13.2 Å². The third kappa shape index (κ3) is 2.17. The summed E-state index contributed by atoms with van der Waals surface area (Å²) in [6.07, 6.45) is -3.41. The molecule has 2 rings (SSSR count). The van der Waals surface area contributed by atoms with Gasteiger partial charge in [-0.1, -0.05) is 23.2 Å². The molecule has 104 valence electrons. The van der Waals surface area contributed by atoms with E-state index < -0.39 is 33.0 Å². The van der Waals surface area contributed by atoms with Crippen LogP contribution >= 0.6 is 23.2 Å². The van der Waals surface area contributed by atoms with Crippen LogP contribution in [-0.2, 0) is 6.18 Å². The Kier molecular flexibility index (Phi) is 3.54. The summed E-state index contributed by atoms with van der Waals surface area (Å²) >= 11 is 11.7. The maximum absolute atomic E-state index is 13.0. The molecule has 0 amide bonds. The summed E-state index contributed by atoms with van der Waals surface area (Å²) in [5.41, 5.74) is 2.73. The van der Waals surface area contributed by atoms with Crippen LogP contribution < -0.4 is 5.73 Å². The normalized spacial score (nSPS) is 11.4. The molecule has 0 bridgehead atoms. The molecule has 0 fully saturated rings. The molecule has 0 radical (unpaired) electrons. The van der Waals surface area contributed by atoms with Crippen molar-refractivity contribution in [3.63, 3.8) is 0 Å². The van der Waals surface area contributed by atoms with Crippen LogP contribution in [-0.4, -0.2) is 10.2 Å². The first-order valence-electron chi connectivity index (χ1n) is 5.07. The fraction of sp³-hybridized carbons (Fsp3) is 0.0909. The van der Waals surface area contributed by atoms with Gasteiger partial charge in [0.2, 0.25) is 0 Å². The van der Waals surface area contributed by atoms with Crippen molar-refractivity contribution >= 4 is 28.9 Å². The Hall–Kier alpha value is -1.91. The molecule has 1 aromatic heterocycles. The van der Waals surface area contributed by atoms with Gasteiger partial charge in [0, 0.05) is 11.8 Å². The monoisotopic (exact) mass is 320 g/mol. The number of anilines is 1. The fourth-order valence-corrected chi connectivity index (χ4v) is 2.40. The second-order valence-electron chi connectivity index (χ2n) is 3.74. The highest BCUT2D eigenvalue weighted by molar-refractivity contribution is 6.41. The molecule has 0 aliphatic rings. The summed E-state index contributed by atoms with van der Waals surface area (Å²) in [5, 5.41) is 14.4. The Morgan fingerprint density at radius 1 is 1.30 bits per heavy atom. The van der Waals surface area contributed by atoms with Gasteiger partial charge >= 0.3 is 6.18 Å². The van der Waals surface area contributed by atoms with Crippen LogP contribution in [0.5, 0.6) is 0 Å². The van der Waals surface area contributed by atoms with Crippen molar-refractivity contribution in [3.8, 4) is 17.3 Å². The highest BCUT2D eigenvalue weighted by Crippen LogP contribution is 2.47. The fourth-order valence-electron chi connectivity index (χ4n) is 1.73. The summed E-state index contributed by atoms with van der Waals surface area (Å²) in [6.45, 7) is 0. The first kappa shape index (κ1) is 14.5. The third-order valence-electron chi connectivity index (χ3n) is 2.57. The van der Waals surface area contributed by atoms with E-state index in [1.54, 1.807) is 0 Å². The SMILES string of the molecule is N#Cc1c(Cl)c(-c2cc[nH]n2)c(Cl)c(N)c1C(F)(F)F. The summed E-state index contributed by atoms with van der Waals surface area (Å²) in [7, 11) is 0. The van der Waals surface area contributed by atoms with Crippen LogP contribution in [0.4, 0.5) is 18.9 Å². The van der Waals surface area contributed by atoms with Crippen molar-refractivity contribution in [1.29, 1.82) is 5.26 Å². The van der Waals surface area contributed by atoms with Gasteiger partial charge in [0.05, 0.1) is 32.6 Å². The number of aromatic nitrogens is 2. The van der Waals surface area contributed by atoms with E-state index in [0.717, 1.165) is 0 Å². The van der Waals surface area contributed by atoms with E-state index in [0.29, 0.717) is 0 Å². The van der Waals surface area contributed by atoms with Crippen LogP contribution in [0.1, 0.15) is 11.1 Å². The molecule has 20 heavy (non-hydrogen) atoms. The molecule has 1 aromatic carbocycles. The third-order valence-corrected chi connectivity index (χ3v) is 3.34. The molecule has 0 unspecified atom stereocenters. The Labute approximate surface area is 120 Å². The number of H-pyrrole nitrogens is 1. The Morgan fingerprint density at radius 3 is 2.40 bits per heavy atom. The lowest BCUT2D eigenvalue weighted by atomic mass is 10.00. The van der Waals surface area contributed by atoms with Crippen LogP contribution in [0.2, 0.25) is 10.0 Å². The predicted molar refractivity (Wildman–Crippen MR) is 68.2 cm³/mol. The zero-order chi connectivity index (χ0) is 15.1. The summed E-state index contributed by atoms with van der Waals surface area (Å²) in [5.74, 6) is 0. The van der Waals surface area contributed by atoms with Crippen LogP contribution in [0.25, 0.3) is 11.3 Å². The minimum Gasteiger partial charge on any atom is -0.397 e. The number of nitrogens with zero attached hydrogens (tertiary/aromatic N) is 2. The number of rotatable bonds is 1. The molecule has 1 heterocycles. The van der Waals surface area contributed by atoms with Gasteiger partial charge < -0.3 is 5.73 Å². The van der Waals surface area contributed by atoms with Crippen molar-refractivity contribution in [2.75, 3.05) is 5.73 Å². The van der Waals surface area contributed by atoms with Gasteiger partial charge in [0.25, 0.3) is 0 Å². The molecule has 0 saturated carbocycles. The Morgan fingerprint density at radius 2 is 1.95 bits per heavy atom. The van der Waals surface area contributed by atoms with Crippen molar-refractivity contribution < 1.29 is 13.2 Å². The number of hydrogen-bond acceptors (Lipinski definition) is 3. The van der Waals surface area contributed by atoms with E-state index in [4.69, 9.17) is 34.2 Å². The minimum atomic E-state index is -4.84. The number of benzene rings is 1. The van der Waals surface area contributed by atoms with E-state index >= 15 is 0 Å². The number of nitrogen functional groups attached to an aromatic ring is 1. The van der Waals surface area contributed by atoms with E-state index in [2.05, 4.69) is 10.2 Å². The molecular weight excluding hydrogens is 316 g/mol. The smallest absolute Gasteiger partial charge is 0.397 e. The number of nitriles is 1. The number of hydrogen-bond donors (Lipinski definition) is 2. The molecule has 3 N–H and O–H groups in total. The summed E-state index contributed by atoms with van der Waals surface area (Å²) in [6, 6.07) is 2.86. The molecule has 0 saturated heterocycles. The van der Waals surface area contributed by atoms with Gasteiger partial charge in [0.1, 0.15) is 6.07 Å². The number of nitrogens with one attached hydrogen (secondary N) is 1. The molecule has 0 atom stereocenters. The highest BCUT2D eigenvalue weighted by Gasteiger charge is 2.39. The van der Waals surface area contributed by atoms with Gasteiger partial charge in [-0.15, -0.1) is 0 Å². The molecule has 0 aliphatic carbocycles. The van der Waals surface area contributed by atoms with Crippen LogP contribution in [0, 0.1) is 11.3 Å². The van der Waals surface area contributed by atoms with Crippen LogP contribution in [0.15, 0.2) is 12.3 Å². The van der Waals surface area contributed by atoms with E-state index in [-0.39, 0.29) is 11.3 Å². The van der Waals surface area contributed by atoms with Gasteiger partial charge in [-0.05, 0) is 6.07 Å². The zero-order valence-corrected chi connectivity index (χ0v) is 11.0. The maximum Gasteiger partial charge on any atom is 0.419 e. The highest BCUT2D eigenvalue weighted by atomic mass is 35.5. The molecule has 0 spiro atoms. The topological polar surface area (TPSA) is 78.5 Å². The van der Waals surface area contributed by atoms with Gasteiger partial charge in [-0.3, -0.25) is 5.10 Å². The van der Waals surface area contributed by atoms with E-state index in [1.807, 2.05) is 0 Å². The molecule has 9 heteroatoms. The minimum absolute atomic E-state index is 0.0170. The van der Waals surface area contributed by atoms with Crippen LogP contribution in [0.3, 0.4) is 0 Å². The molecule has 2 aromatic rings. The second-order valence-corrected chi connectivity index (χ2v) is 4.49. The number of nitrogens with two attached hydrogens (primary N) is 1. The quantitative estimate of drug-likeness (QED) is 0.783. The Bertz CT molecular complexity index is 702. The standard InChI is InChI=1S/C11H5Cl2F3N4/c12-8-4(3-17)7(11(14,15)16)10(18)9(13)6(8)5-1-2-19-20-5/h1-2H,18H2,(H,19,20). The van der Waals surface area contributed by atoms with E-state index in [1.165, 1.54) is 18.3 Å². The van der Waals surface area contributed by atoms with Crippen molar-refractivity contribution in [2.45, 2.75) is 6.18 Å². The number of aromatic amines is 1. The average Bonchev–Trinajstić information content (AvgIpc) is 2.85. The lowest BCUT2D eigenvalue weighted by molar-refractivity contribution is -0.137. The predicted octanol–water partition coefficient (Wildman–Crippen LogP) is 3.86. The van der Waals surface area contributed by atoms with Gasteiger partial charge in [-0.25, -0.2) is 0 Å². The zero-order valence-electron chi connectivity index (χ0n) is 9.52. The Balaban J connectivity index is 2.91. The second kappa shape index (κ2) is 4.89. The largest absolute Gasteiger partial charge is 0.419 e. The maximum atomic E-state index is 13.0. The average molecular weight is 321 g/mol. The summed E-state index contributed by atoms with van der Waals surface area (Å²) < 4.78 is 38.9. The lowest BCUT2D eigenvalue weighted by Gasteiger charge is -2.17. The molecule has 4 nitrogen and oxygen atoms in total. The van der Waals surface area contributed by atoms with Crippen molar-refractivity contribution in [3.05, 3.63) is 33.4 Å². The van der Waals surface area contributed by atoms with Crippen molar-refractivity contribution in [1.82, 2.24) is 10.2 Å². The molecule has 0 aliphatic heterocycles. The first-order valence-corrected chi connectivity index (χ1v) is 5.82. The van der Waals surface area contributed by atoms with Gasteiger partial charge in [0.15, 0.2) is 0 Å². The number of alkyl halides is 3. The number of halogens is 5. The van der Waals surface area contributed by atoms with Gasteiger partial charge in [-0.2, -0.15) is 23.5 Å². The first-order chi connectivity index (χ1) is 9.29. The lowest BCUT2D eigenvalue weighted by Crippen LogP contribution is -2.13. The summed E-state index contributed by atoms with van der Waals surface area (Å²) in [4.78, 5) is 0. The van der Waals surface area contributed by atoms with Crippen molar-refractivity contribution in [2.24, 2.45) is 0 Å².